The lowest BCUT2D eigenvalue weighted by Crippen LogP contribution is -2.55. The summed E-state index contributed by atoms with van der Waals surface area (Å²) in [6.45, 7) is 9.04. The number of nitrogens with two attached hydrogens (primary N) is 1. The molecule has 21 heavy (non-hydrogen) atoms. The number of carbonyl (C=O) groups is 1. The molecule has 1 saturated carbocycles. The molecule has 3 atom stereocenters. The van der Waals surface area contributed by atoms with Gasteiger partial charge in [0.05, 0.1) is 6.54 Å². The second-order valence-corrected chi connectivity index (χ2v) is 7.53. The molecule has 3 unspecified atom stereocenters. The summed E-state index contributed by atoms with van der Waals surface area (Å²) in [5.41, 5.74) is 6.25. The van der Waals surface area contributed by atoms with E-state index in [0.29, 0.717) is 18.5 Å². The van der Waals surface area contributed by atoms with E-state index in [1.54, 1.807) is 0 Å². The Morgan fingerprint density at radius 2 is 1.95 bits per heavy atom. The summed E-state index contributed by atoms with van der Waals surface area (Å²) < 4.78 is 0. The molecule has 0 radical (unpaired) electrons. The Bertz CT molecular complexity index is 348. The van der Waals surface area contributed by atoms with Crippen LogP contribution in [0.2, 0.25) is 0 Å². The molecule has 1 aliphatic carbocycles. The zero-order valence-electron chi connectivity index (χ0n) is 13.7. The summed E-state index contributed by atoms with van der Waals surface area (Å²) in [6.07, 6.45) is 5.94. The third kappa shape index (κ3) is 5.11. The molecule has 1 amide bonds. The van der Waals surface area contributed by atoms with E-state index in [1.165, 1.54) is 19.3 Å². The topological polar surface area (TPSA) is 58.4 Å². The number of halogens is 1. The summed E-state index contributed by atoms with van der Waals surface area (Å²) in [4.78, 5) is 14.5. The van der Waals surface area contributed by atoms with Crippen LogP contribution >= 0.6 is 12.4 Å². The molecule has 1 aliphatic heterocycles. The van der Waals surface area contributed by atoms with Gasteiger partial charge in [0.1, 0.15) is 0 Å². The highest BCUT2D eigenvalue weighted by Gasteiger charge is 2.34. The molecule has 2 rings (SSSR count). The van der Waals surface area contributed by atoms with Gasteiger partial charge >= 0.3 is 0 Å². The van der Waals surface area contributed by atoms with E-state index in [0.717, 1.165) is 25.9 Å². The maximum atomic E-state index is 12.2. The quantitative estimate of drug-likeness (QED) is 0.838. The molecule has 3 N–H and O–H groups in total. The third-order valence-electron chi connectivity index (χ3n) is 5.22. The van der Waals surface area contributed by atoms with Crippen molar-refractivity contribution in [2.45, 2.75) is 65.0 Å². The van der Waals surface area contributed by atoms with Crippen molar-refractivity contribution in [3.63, 3.8) is 0 Å². The van der Waals surface area contributed by atoms with E-state index < -0.39 is 0 Å². The Kier molecular flexibility index (Phi) is 6.95. The third-order valence-corrected chi connectivity index (χ3v) is 5.22. The Balaban J connectivity index is 0.00000220. The smallest absolute Gasteiger partial charge is 0.234 e. The first kappa shape index (κ1) is 18.7. The summed E-state index contributed by atoms with van der Waals surface area (Å²) >= 11 is 0. The summed E-state index contributed by atoms with van der Waals surface area (Å²) in [5.74, 6) is 0.814. The van der Waals surface area contributed by atoms with E-state index in [9.17, 15) is 4.79 Å². The molecule has 1 saturated heterocycles. The van der Waals surface area contributed by atoms with Gasteiger partial charge < -0.3 is 11.1 Å². The first-order chi connectivity index (χ1) is 9.38. The average Bonchev–Trinajstić information content (AvgIpc) is 2.36. The molecule has 4 nitrogen and oxygen atoms in total. The lowest BCUT2D eigenvalue weighted by Gasteiger charge is -2.42. The van der Waals surface area contributed by atoms with Gasteiger partial charge in [-0.1, -0.05) is 33.6 Å². The van der Waals surface area contributed by atoms with E-state index in [4.69, 9.17) is 5.73 Å². The van der Waals surface area contributed by atoms with Crippen molar-refractivity contribution >= 4 is 18.3 Å². The van der Waals surface area contributed by atoms with Crippen LogP contribution in [0.1, 0.15) is 52.9 Å². The Morgan fingerprint density at radius 1 is 1.29 bits per heavy atom. The van der Waals surface area contributed by atoms with Gasteiger partial charge in [0.2, 0.25) is 5.91 Å². The van der Waals surface area contributed by atoms with Crippen LogP contribution in [0.5, 0.6) is 0 Å². The number of carbonyl (C=O) groups excluding carboxylic acids is 1. The fourth-order valence-corrected chi connectivity index (χ4v) is 3.61. The van der Waals surface area contributed by atoms with E-state index in [-0.39, 0.29) is 29.8 Å². The predicted octanol–water partition coefficient (Wildman–Crippen LogP) is 2.16. The highest BCUT2D eigenvalue weighted by atomic mass is 35.5. The number of hydrogen-bond acceptors (Lipinski definition) is 3. The van der Waals surface area contributed by atoms with Gasteiger partial charge in [0.25, 0.3) is 0 Å². The zero-order valence-corrected chi connectivity index (χ0v) is 14.5. The maximum Gasteiger partial charge on any atom is 0.234 e. The maximum absolute atomic E-state index is 12.2. The molecule has 2 aliphatic rings. The number of piperidine rings is 1. The SMILES string of the molecule is CC1CCCCC1NC(=O)CN1CCC(N)C(C)(C)C1.Cl. The number of rotatable bonds is 3. The van der Waals surface area contributed by atoms with E-state index >= 15 is 0 Å². The Labute approximate surface area is 135 Å². The second-order valence-electron chi connectivity index (χ2n) is 7.53. The fourth-order valence-electron chi connectivity index (χ4n) is 3.61. The van der Waals surface area contributed by atoms with Gasteiger partial charge in [0, 0.05) is 25.2 Å². The minimum atomic E-state index is 0. The summed E-state index contributed by atoms with van der Waals surface area (Å²) in [5, 5.41) is 3.24. The minimum Gasteiger partial charge on any atom is -0.352 e. The molecule has 0 spiro atoms. The van der Waals surface area contributed by atoms with Crippen molar-refractivity contribution in [1.29, 1.82) is 0 Å². The molecule has 1 heterocycles. The van der Waals surface area contributed by atoms with Crippen LogP contribution in [-0.4, -0.2) is 42.5 Å². The molecule has 5 heteroatoms. The number of hydrogen-bond donors (Lipinski definition) is 2. The fraction of sp³-hybridized carbons (Fsp3) is 0.938. The van der Waals surface area contributed by atoms with Crippen LogP contribution < -0.4 is 11.1 Å². The minimum absolute atomic E-state index is 0. The van der Waals surface area contributed by atoms with Gasteiger partial charge in [-0.05, 0) is 30.6 Å². The van der Waals surface area contributed by atoms with E-state index in [2.05, 4.69) is 31.0 Å². The number of nitrogens with zero attached hydrogens (tertiary/aromatic N) is 1. The molecule has 2 fully saturated rings. The van der Waals surface area contributed by atoms with Crippen LogP contribution in [0.3, 0.4) is 0 Å². The number of likely N-dealkylation sites (tertiary alicyclic amines) is 1. The first-order valence-corrected chi connectivity index (χ1v) is 8.16. The lowest BCUT2D eigenvalue weighted by atomic mass is 9.80. The highest BCUT2D eigenvalue weighted by Crippen LogP contribution is 2.27. The Morgan fingerprint density at radius 3 is 2.57 bits per heavy atom. The van der Waals surface area contributed by atoms with Gasteiger partial charge in [-0.25, -0.2) is 0 Å². The van der Waals surface area contributed by atoms with Gasteiger partial charge in [0.15, 0.2) is 0 Å². The summed E-state index contributed by atoms with van der Waals surface area (Å²) in [6, 6.07) is 0.636. The normalized spacial score (nSPS) is 33.0. The van der Waals surface area contributed by atoms with Crippen LogP contribution in [0, 0.1) is 11.3 Å². The van der Waals surface area contributed by atoms with Crippen molar-refractivity contribution in [3.8, 4) is 0 Å². The monoisotopic (exact) mass is 317 g/mol. The molecule has 124 valence electrons. The molecular formula is C16H32ClN3O. The van der Waals surface area contributed by atoms with Crippen molar-refractivity contribution < 1.29 is 4.79 Å². The van der Waals surface area contributed by atoms with Crippen LogP contribution in [0.4, 0.5) is 0 Å². The van der Waals surface area contributed by atoms with Crippen molar-refractivity contribution in [2.24, 2.45) is 17.1 Å². The predicted molar refractivity (Wildman–Crippen MR) is 89.6 cm³/mol. The van der Waals surface area contributed by atoms with Crippen molar-refractivity contribution in [3.05, 3.63) is 0 Å². The molecular weight excluding hydrogens is 286 g/mol. The second kappa shape index (κ2) is 7.80. The van der Waals surface area contributed by atoms with Gasteiger partial charge in [-0.15, -0.1) is 12.4 Å². The molecule has 0 bridgehead atoms. The van der Waals surface area contributed by atoms with Gasteiger partial charge in [-0.2, -0.15) is 0 Å². The van der Waals surface area contributed by atoms with E-state index in [1.807, 2.05) is 0 Å². The summed E-state index contributed by atoms with van der Waals surface area (Å²) in [7, 11) is 0. The number of amides is 1. The Hall–Kier alpha value is -0.320. The largest absolute Gasteiger partial charge is 0.352 e. The van der Waals surface area contributed by atoms with Crippen molar-refractivity contribution in [2.75, 3.05) is 19.6 Å². The highest BCUT2D eigenvalue weighted by molar-refractivity contribution is 5.85. The number of nitrogens with one attached hydrogen (secondary N) is 1. The average molecular weight is 318 g/mol. The first-order valence-electron chi connectivity index (χ1n) is 8.16. The van der Waals surface area contributed by atoms with Crippen molar-refractivity contribution in [1.82, 2.24) is 10.2 Å². The molecule has 0 aromatic carbocycles. The molecule has 0 aromatic rings. The zero-order chi connectivity index (χ0) is 14.8. The van der Waals surface area contributed by atoms with Crippen LogP contribution in [0.15, 0.2) is 0 Å². The lowest BCUT2D eigenvalue weighted by molar-refractivity contribution is -0.124. The standard InChI is InChI=1S/C16H31N3O.ClH/c1-12-6-4-5-7-13(12)18-15(20)10-19-9-8-14(17)16(2,3)11-19;/h12-14H,4-11,17H2,1-3H3,(H,18,20);1H. The van der Waals surface area contributed by atoms with Gasteiger partial charge in [-0.3, -0.25) is 9.69 Å². The molecule has 0 aromatic heterocycles. The van der Waals surface area contributed by atoms with Crippen LogP contribution in [-0.2, 0) is 4.79 Å². The van der Waals surface area contributed by atoms with Crippen LogP contribution in [0.25, 0.3) is 0 Å².